The molecule has 1 fully saturated rings. The number of aryl methyl sites for hydroxylation is 1. The fraction of sp³-hybridized carbons (Fsp3) is 0.333. The highest BCUT2D eigenvalue weighted by molar-refractivity contribution is 5.87. The van der Waals surface area contributed by atoms with Gasteiger partial charge in [0.25, 0.3) is 0 Å². The average Bonchev–Trinajstić information content (AvgIpc) is 2.77. The van der Waals surface area contributed by atoms with Crippen LogP contribution in [0.25, 0.3) is 11.3 Å². The van der Waals surface area contributed by atoms with E-state index in [0.29, 0.717) is 17.0 Å². The summed E-state index contributed by atoms with van der Waals surface area (Å²) in [7, 11) is 1.62. The van der Waals surface area contributed by atoms with E-state index in [9.17, 15) is 9.18 Å². The number of halogens is 1. The smallest absolute Gasteiger partial charge is 0.356 e. The number of hydrogen-bond acceptors (Lipinski definition) is 3. The SMILES string of the molecule is Cn1nc(C(=O)O)cc1-c1cc(F)ccc1OC1CCC1. The first-order valence-electron chi connectivity index (χ1n) is 6.78. The first-order chi connectivity index (χ1) is 10.0. The quantitative estimate of drug-likeness (QED) is 0.940. The fourth-order valence-electron chi connectivity index (χ4n) is 2.30. The van der Waals surface area contributed by atoms with Crippen molar-refractivity contribution in [3.8, 4) is 17.0 Å². The van der Waals surface area contributed by atoms with Crippen molar-refractivity contribution in [3.05, 3.63) is 35.8 Å². The predicted octanol–water partition coefficient (Wildman–Crippen LogP) is 2.86. The van der Waals surface area contributed by atoms with Crippen LogP contribution < -0.4 is 4.74 Å². The third-order valence-electron chi connectivity index (χ3n) is 3.66. The molecule has 1 aliphatic carbocycles. The van der Waals surface area contributed by atoms with Gasteiger partial charge in [-0.05, 0) is 43.5 Å². The Balaban J connectivity index is 2.03. The van der Waals surface area contributed by atoms with Crippen molar-refractivity contribution in [1.29, 1.82) is 0 Å². The van der Waals surface area contributed by atoms with Crippen LogP contribution in [0.4, 0.5) is 4.39 Å². The third-order valence-corrected chi connectivity index (χ3v) is 3.66. The van der Waals surface area contributed by atoms with Crippen LogP contribution in [0.2, 0.25) is 0 Å². The molecule has 0 aliphatic heterocycles. The van der Waals surface area contributed by atoms with Crippen molar-refractivity contribution < 1.29 is 19.0 Å². The number of carbonyl (C=O) groups is 1. The van der Waals surface area contributed by atoms with Crippen LogP contribution in [0.15, 0.2) is 24.3 Å². The van der Waals surface area contributed by atoms with E-state index in [2.05, 4.69) is 5.10 Å². The number of aromatic nitrogens is 2. The Labute approximate surface area is 121 Å². The van der Waals surface area contributed by atoms with Gasteiger partial charge in [0.2, 0.25) is 0 Å². The molecule has 110 valence electrons. The van der Waals surface area contributed by atoms with E-state index in [1.54, 1.807) is 13.1 Å². The highest BCUT2D eigenvalue weighted by Crippen LogP contribution is 2.34. The van der Waals surface area contributed by atoms with Gasteiger partial charge < -0.3 is 9.84 Å². The van der Waals surface area contributed by atoms with E-state index in [4.69, 9.17) is 9.84 Å². The molecule has 0 spiro atoms. The summed E-state index contributed by atoms with van der Waals surface area (Å²) < 4.78 is 20.8. The molecule has 0 amide bonds. The third kappa shape index (κ3) is 2.61. The summed E-state index contributed by atoms with van der Waals surface area (Å²) >= 11 is 0. The van der Waals surface area contributed by atoms with E-state index >= 15 is 0 Å². The first-order valence-corrected chi connectivity index (χ1v) is 6.78. The molecule has 1 aromatic carbocycles. The zero-order chi connectivity index (χ0) is 15.0. The number of hydrogen-bond donors (Lipinski definition) is 1. The van der Waals surface area contributed by atoms with Gasteiger partial charge in [-0.25, -0.2) is 9.18 Å². The van der Waals surface area contributed by atoms with Crippen molar-refractivity contribution in [3.63, 3.8) is 0 Å². The predicted molar refractivity (Wildman–Crippen MR) is 73.8 cm³/mol. The summed E-state index contributed by atoms with van der Waals surface area (Å²) in [6.07, 6.45) is 3.27. The van der Waals surface area contributed by atoms with Gasteiger partial charge in [-0.3, -0.25) is 4.68 Å². The van der Waals surface area contributed by atoms with Gasteiger partial charge in [-0.15, -0.1) is 0 Å². The summed E-state index contributed by atoms with van der Waals surface area (Å²) in [6.45, 7) is 0. The molecular formula is C15H15FN2O3. The van der Waals surface area contributed by atoms with Crippen molar-refractivity contribution in [2.45, 2.75) is 25.4 Å². The van der Waals surface area contributed by atoms with Crippen LogP contribution in [0.3, 0.4) is 0 Å². The highest BCUT2D eigenvalue weighted by Gasteiger charge is 2.22. The molecule has 1 heterocycles. The number of benzene rings is 1. The van der Waals surface area contributed by atoms with E-state index in [1.165, 1.54) is 22.9 Å². The lowest BCUT2D eigenvalue weighted by Gasteiger charge is -2.27. The van der Waals surface area contributed by atoms with Crippen LogP contribution in [-0.4, -0.2) is 27.0 Å². The van der Waals surface area contributed by atoms with Gasteiger partial charge >= 0.3 is 5.97 Å². The van der Waals surface area contributed by atoms with Gasteiger partial charge in [0.15, 0.2) is 5.69 Å². The summed E-state index contributed by atoms with van der Waals surface area (Å²) in [4.78, 5) is 11.0. The monoisotopic (exact) mass is 290 g/mol. The Morgan fingerprint density at radius 1 is 1.43 bits per heavy atom. The maximum absolute atomic E-state index is 13.6. The second-order valence-corrected chi connectivity index (χ2v) is 5.15. The molecular weight excluding hydrogens is 275 g/mol. The van der Waals surface area contributed by atoms with Crippen LogP contribution in [0.1, 0.15) is 29.8 Å². The first kappa shape index (κ1) is 13.6. The van der Waals surface area contributed by atoms with Gasteiger partial charge in [-0.2, -0.15) is 5.10 Å². The number of nitrogens with zero attached hydrogens (tertiary/aromatic N) is 2. The zero-order valence-electron chi connectivity index (χ0n) is 11.5. The van der Waals surface area contributed by atoms with Crippen LogP contribution in [-0.2, 0) is 7.05 Å². The summed E-state index contributed by atoms with van der Waals surface area (Å²) in [6, 6.07) is 5.68. The van der Waals surface area contributed by atoms with Crippen LogP contribution >= 0.6 is 0 Å². The molecule has 1 aliphatic rings. The second kappa shape index (κ2) is 5.20. The summed E-state index contributed by atoms with van der Waals surface area (Å²) in [5, 5.41) is 12.9. The molecule has 1 aromatic heterocycles. The Morgan fingerprint density at radius 2 is 2.19 bits per heavy atom. The molecule has 0 bridgehead atoms. The normalized spacial score (nSPS) is 14.8. The lowest BCUT2D eigenvalue weighted by Crippen LogP contribution is -2.24. The number of aromatic carboxylic acids is 1. The minimum atomic E-state index is -1.12. The maximum Gasteiger partial charge on any atom is 0.356 e. The Hall–Kier alpha value is -2.37. The number of carboxylic acid groups (broad SMARTS) is 1. The molecule has 0 unspecified atom stereocenters. The highest BCUT2D eigenvalue weighted by atomic mass is 19.1. The van der Waals surface area contributed by atoms with Crippen molar-refractivity contribution in [2.75, 3.05) is 0 Å². The minimum Gasteiger partial charge on any atom is -0.490 e. The molecule has 21 heavy (non-hydrogen) atoms. The standard InChI is InChI=1S/C15H15FN2O3/c1-18-13(8-12(17-18)15(19)20)11-7-9(16)5-6-14(11)21-10-3-2-4-10/h5-8,10H,2-4H2,1H3,(H,19,20). The van der Waals surface area contributed by atoms with Crippen molar-refractivity contribution >= 4 is 5.97 Å². The Kier molecular flexibility index (Phi) is 3.37. The maximum atomic E-state index is 13.6. The van der Waals surface area contributed by atoms with Gasteiger partial charge in [0, 0.05) is 12.6 Å². The molecule has 0 atom stereocenters. The molecule has 0 radical (unpaired) electrons. The number of rotatable bonds is 4. The number of carboxylic acids is 1. The van der Waals surface area contributed by atoms with Gasteiger partial charge in [0.05, 0.1) is 11.8 Å². The van der Waals surface area contributed by atoms with E-state index in [-0.39, 0.29) is 11.8 Å². The average molecular weight is 290 g/mol. The number of ether oxygens (including phenoxy) is 1. The molecule has 5 nitrogen and oxygen atoms in total. The Bertz CT molecular complexity index is 692. The van der Waals surface area contributed by atoms with Crippen LogP contribution in [0, 0.1) is 5.82 Å². The molecule has 1 saturated carbocycles. The zero-order valence-corrected chi connectivity index (χ0v) is 11.5. The van der Waals surface area contributed by atoms with E-state index in [1.807, 2.05) is 0 Å². The summed E-state index contributed by atoms with van der Waals surface area (Å²) in [5.41, 5.74) is 0.956. The molecule has 2 aromatic rings. The van der Waals surface area contributed by atoms with Crippen molar-refractivity contribution in [1.82, 2.24) is 9.78 Å². The van der Waals surface area contributed by atoms with E-state index in [0.717, 1.165) is 19.3 Å². The topological polar surface area (TPSA) is 64.4 Å². The largest absolute Gasteiger partial charge is 0.490 e. The summed E-state index contributed by atoms with van der Waals surface area (Å²) in [5.74, 6) is -0.959. The van der Waals surface area contributed by atoms with Gasteiger partial charge in [0.1, 0.15) is 11.6 Å². The van der Waals surface area contributed by atoms with Crippen LogP contribution in [0.5, 0.6) is 5.75 Å². The lowest BCUT2D eigenvalue weighted by molar-refractivity contribution is 0.0689. The van der Waals surface area contributed by atoms with Gasteiger partial charge in [-0.1, -0.05) is 0 Å². The van der Waals surface area contributed by atoms with Crippen molar-refractivity contribution in [2.24, 2.45) is 7.05 Å². The minimum absolute atomic E-state index is 0.0774. The Morgan fingerprint density at radius 3 is 2.76 bits per heavy atom. The second-order valence-electron chi connectivity index (χ2n) is 5.15. The molecule has 1 N–H and O–H groups in total. The molecule has 3 rings (SSSR count). The van der Waals surface area contributed by atoms with E-state index < -0.39 is 11.8 Å². The lowest BCUT2D eigenvalue weighted by atomic mass is 9.96. The molecule has 6 heteroatoms. The molecule has 0 saturated heterocycles. The fourth-order valence-corrected chi connectivity index (χ4v) is 2.30.